The number of aromatic nitrogens is 1. The summed E-state index contributed by atoms with van der Waals surface area (Å²) in [5, 5.41) is 7.02. The highest BCUT2D eigenvalue weighted by Crippen LogP contribution is 2.21. The second-order valence-corrected chi connectivity index (χ2v) is 5.94. The molecule has 1 unspecified atom stereocenters. The van der Waals surface area contributed by atoms with Crippen LogP contribution in [0.3, 0.4) is 0 Å². The van der Waals surface area contributed by atoms with Crippen molar-refractivity contribution in [2.24, 2.45) is 10.9 Å². The summed E-state index contributed by atoms with van der Waals surface area (Å²) in [7, 11) is 1.69. The lowest BCUT2D eigenvalue weighted by Crippen LogP contribution is -2.41. The largest absolute Gasteiger partial charge is 0.401 e. The van der Waals surface area contributed by atoms with Crippen LogP contribution in [0.4, 0.5) is 13.2 Å². The molecule has 10 heteroatoms. The van der Waals surface area contributed by atoms with Crippen molar-refractivity contribution >= 4 is 29.9 Å². The number of aliphatic imine (C=N–C) groups is 1. The Bertz CT molecular complexity index is 524. The van der Waals surface area contributed by atoms with Crippen LogP contribution in [0.5, 0.6) is 0 Å². The highest BCUT2D eigenvalue weighted by atomic mass is 127. The van der Waals surface area contributed by atoms with Crippen LogP contribution in [0.2, 0.25) is 0 Å². The average molecular weight is 475 g/mol. The zero-order valence-electron chi connectivity index (χ0n) is 14.4. The fraction of sp³-hybridized carbons (Fsp3) is 0.733. The summed E-state index contributed by atoms with van der Waals surface area (Å²) in [6.07, 6.45) is -1.78. The van der Waals surface area contributed by atoms with Gasteiger partial charge in [-0.1, -0.05) is 12.1 Å². The fourth-order valence-corrected chi connectivity index (χ4v) is 2.93. The highest BCUT2D eigenvalue weighted by molar-refractivity contribution is 14.0. The molecule has 0 saturated carbocycles. The number of nitrogens with zero attached hydrogens (tertiary/aromatic N) is 4. The molecule has 1 aliphatic heterocycles. The van der Waals surface area contributed by atoms with Crippen molar-refractivity contribution in [3.63, 3.8) is 0 Å². The Morgan fingerprint density at radius 3 is 2.84 bits per heavy atom. The van der Waals surface area contributed by atoms with Gasteiger partial charge in [-0.2, -0.15) is 13.2 Å². The van der Waals surface area contributed by atoms with E-state index < -0.39 is 12.7 Å². The van der Waals surface area contributed by atoms with Gasteiger partial charge < -0.3 is 14.7 Å². The van der Waals surface area contributed by atoms with Crippen molar-refractivity contribution in [3.05, 3.63) is 18.0 Å². The highest BCUT2D eigenvalue weighted by Gasteiger charge is 2.32. The number of likely N-dealkylation sites (tertiary alicyclic amines) is 1. The van der Waals surface area contributed by atoms with Gasteiger partial charge in [0.25, 0.3) is 0 Å². The maximum absolute atomic E-state index is 12.6. The summed E-state index contributed by atoms with van der Waals surface area (Å²) >= 11 is 0. The summed E-state index contributed by atoms with van der Waals surface area (Å²) < 4.78 is 42.5. The van der Waals surface area contributed by atoms with Crippen LogP contribution in [-0.2, 0) is 6.54 Å². The summed E-state index contributed by atoms with van der Waals surface area (Å²) in [4.78, 5) is 7.78. The molecule has 1 atom stereocenters. The van der Waals surface area contributed by atoms with E-state index in [1.54, 1.807) is 20.0 Å². The molecular weight excluding hydrogens is 450 g/mol. The minimum Gasteiger partial charge on any atom is -0.364 e. The minimum atomic E-state index is -4.15. The van der Waals surface area contributed by atoms with E-state index in [0.717, 1.165) is 24.6 Å². The maximum atomic E-state index is 12.6. The molecule has 2 rings (SSSR count). The van der Waals surface area contributed by atoms with Crippen LogP contribution in [0.1, 0.15) is 19.0 Å². The first-order valence-electron chi connectivity index (χ1n) is 8.05. The van der Waals surface area contributed by atoms with E-state index in [1.165, 1.54) is 11.2 Å². The van der Waals surface area contributed by atoms with Crippen LogP contribution in [0.15, 0.2) is 21.8 Å². The molecule has 25 heavy (non-hydrogen) atoms. The third-order valence-corrected chi connectivity index (χ3v) is 4.08. The first kappa shape index (κ1) is 22.0. The Hall–Kier alpha value is -1.04. The zero-order chi connectivity index (χ0) is 17.6. The molecule has 0 bridgehead atoms. The van der Waals surface area contributed by atoms with Crippen molar-refractivity contribution in [3.8, 4) is 0 Å². The average Bonchev–Trinajstić information content (AvgIpc) is 3.18. The smallest absolute Gasteiger partial charge is 0.364 e. The SMILES string of the molecule is CCN(CC1CCN(C(=NC)NCc2ccon2)C1)CC(F)(F)F.I. The first-order chi connectivity index (χ1) is 11.4. The molecule has 144 valence electrons. The molecule has 6 nitrogen and oxygen atoms in total. The molecule has 2 heterocycles. The van der Waals surface area contributed by atoms with Gasteiger partial charge in [-0.15, -0.1) is 24.0 Å². The quantitative estimate of drug-likeness (QED) is 0.390. The van der Waals surface area contributed by atoms with Crippen LogP contribution >= 0.6 is 24.0 Å². The van der Waals surface area contributed by atoms with Crippen molar-refractivity contribution < 1.29 is 17.7 Å². The number of hydrogen-bond donors (Lipinski definition) is 1. The Balaban J connectivity index is 0.00000312. The van der Waals surface area contributed by atoms with E-state index in [1.807, 2.05) is 0 Å². The molecule has 1 aromatic heterocycles. The summed E-state index contributed by atoms with van der Waals surface area (Å²) in [5.41, 5.74) is 0.772. The summed E-state index contributed by atoms with van der Waals surface area (Å²) in [6, 6.07) is 1.77. The topological polar surface area (TPSA) is 56.9 Å². The molecule has 1 aliphatic rings. The Morgan fingerprint density at radius 1 is 1.52 bits per heavy atom. The molecule has 1 fully saturated rings. The van der Waals surface area contributed by atoms with Gasteiger partial charge in [0.15, 0.2) is 5.96 Å². The van der Waals surface area contributed by atoms with Crippen LogP contribution in [0, 0.1) is 5.92 Å². The van der Waals surface area contributed by atoms with Gasteiger partial charge in [0, 0.05) is 32.7 Å². The second-order valence-electron chi connectivity index (χ2n) is 5.94. The minimum absolute atomic E-state index is 0. The summed E-state index contributed by atoms with van der Waals surface area (Å²) in [6.45, 7) is 3.75. The fourth-order valence-electron chi connectivity index (χ4n) is 2.93. The van der Waals surface area contributed by atoms with Gasteiger partial charge in [0.2, 0.25) is 0 Å². The predicted molar refractivity (Wildman–Crippen MR) is 100.0 cm³/mol. The molecule has 1 aromatic rings. The van der Waals surface area contributed by atoms with E-state index in [-0.39, 0.29) is 29.9 Å². The normalized spacial score (nSPS) is 18.6. The van der Waals surface area contributed by atoms with Crippen molar-refractivity contribution in [1.29, 1.82) is 0 Å². The van der Waals surface area contributed by atoms with Crippen LogP contribution in [0.25, 0.3) is 0 Å². The van der Waals surface area contributed by atoms with Gasteiger partial charge in [-0.25, -0.2) is 0 Å². The molecule has 0 spiro atoms. The number of nitrogens with one attached hydrogen (secondary N) is 1. The second kappa shape index (κ2) is 10.2. The zero-order valence-corrected chi connectivity index (χ0v) is 16.8. The molecule has 1 N–H and O–H groups in total. The van der Waals surface area contributed by atoms with E-state index in [9.17, 15) is 13.2 Å². The third-order valence-electron chi connectivity index (χ3n) is 4.08. The number of guanidine groups is 1. The molecule has 0 aliphatic carbocycles. The van der Waals surface area contributed by atoms with E-state index in [2.05, 4.69) is 20.4 Å². The van der Waals surface area contributed by atoms with E-state index >= 15 is 0 Å². The molecule has 0 aromatic carbocycles. The molecular formula is C15H25F3IN5O. The van der Waals surface area contributed by atoms with Crippen molar-refractivity contribution in [1.82, 2.24) is 20.3 Å². The number of halogens is 4. The third kappa shape index (κ3) is 7.38. The standard InChI is InChI=1S/C15H24F3N5O.HI/c1-3-22(11-15(16,17)18)9-12-4-6-23(10-12)14(19-2)20-8-13-5-7-24-21-13;/h5,7,12H,3-4,6,8-11H2,1-2H3,(H,19,20);1H. The van der Waals surface area contributed by atoms with Gasteiger partial charge in [-0.05, 0) is 18.9 Å². The maximum Gasteiger partial charge on any atom is 0.401 e. The Labute approximate surface area is 162 Å². The van der Waals surface area contributed by atoms with Gasteiger partial charge >= 0.3 is 6.18 Å². The summed E-state index contributed by atoms with van der Waals surface area (Å²) in [5.74, 6) is 0.942. The van der Waals surface area contributed by atoms with Crippen LogP contribution < -0.4 is 5.32 Å². The van der Waals surface area contributed by atoms with Crippen molar-refractivity contribution in [2.45, 2.75) is 26.1 Å². The van der Waals surface area contributed by atoms with Gasteiger partial charge in [0.05, 0.1) is 13.1 Å². The van der Waals surface area contributed by atoms with E-state index in [0.29, 0.717) is 26.2 Å². The predicted octanol–water partition coefficient (Wildman–Crippen LogP) is 2.57. The monoisotopic (exact) mass is 475 g/mol. The molecule has 0 radical (unpaired) electrons. The first-order valence-corrected chi connectivity index (χ1v) is 8.05. The lowest BCUT2D eigenvalue weighted by atomic mass is 10.1. The lowest BCUT2D eigenvalue weighted by molar-refractivity contribution is -0.146. The Kier molecular flexibility index (Phi) is 8.97. The molecule has 1 saturated heterocycles. The van der Waals surface area contributed by atoms with Gasteiger partial charge in [0.1, 0.15) is 12.0 Å². The van der Waals surface area contributed by atoms with Gasteiger partial charge in [-0.3, -0.25) is 9.89 Å². The van der Waals surface area contributed by atoms with Crippen molar-refractivity contribution in [2.75, 3.05) is 39.8 Å². The number of hydrogen-bond acceptors (Lipinski definition) is 4. The Morgan fingerprint density at radius 2 is 2.28 bits per heavy atom. The number of rotatable bonds is 6. The van der Waals surface area contributed by atoms with Crippen LogP contribution in [-0.4, -0.2) is 66.9 Å². The lowest BCUT2D eigenvalue weighted by Gasteiger charge is -2.26. The van der Waals surface area contributed by atoms with E-state index in [4.69, 9.17) is 4.52 Å². The number of alkyl halides is 3. The molecule has 0 amide bonds.